The normalized spacial score (nSPS) is 10.0. The number of fused-ring (bicyclic) bond motifs is 1. The number of carbonyl (C=O) groups excluding carboxylic acids is 1. The lowest BCUT2D eigenvalue weighted by Crippen LogP contribution is -2.17. The number of nitrogens with one attached hydrogen (secondary N) is 2. The van der Waals surface area contributed by atoms with Crippen LogP contribution in [0.15, 0.2) is 30.5 Å². The molecule has 2 aromatic heterocycles. The second-order valence-corrected chi connectivity index (χ2v) is 5.76. The molecule has 152 valence electrons. The highest BCUT2D eigenvalue weighted by molar-refractivity contribution is 5.94. The second kappa shape index (κ2) is 9.78. The highest BCUT2D eigenvalue weighted by atomic mass is 16.4. The Bertz CT molecular complexity index is 1010. The molecule has 29 heavy (non-hydrogen) atoms. The fourth-order valence-corrected chi connectivity index (χ4v) is 2.14. The van der Waals surface area contributed by atoms with Crippen molar-refractivity contribution >= 4 is 40.5 Å². The highest BCUT2D eigenvalue weighted by Gasteiger charge is 2.08. The van der Waals surface area contributed by atoms with E-state index in [0.717, 1.165) is 5.69 Å². The summed E-state index contributed by atoms with van der Waals surface area (Å²) >= 11 is 0. The second-order valence-electron chi connectivity index (χ2n) is 5.76. The van der Waals surface area contributed by atoms with Gasteiger partial charge in [0.2, 0.25) is 5.95 Å². The van der Waals surface area contributed by atoms with Crippen molar-refractivity contribution < 1.29 is 14.7 Å². The number of amides is 1. The van der Waals surface area contributed by atoms with E-state index >= 15 is 0 Å². The lowest BCUT2D eigenvalue weighted by Gasteiger charge is -2.08. The number of nitrogen functional groups attached to an aromatic ring is 2. The number of nitrogens with zero attached hydrogens (tertiary/aromatic N) is 4. The van der Waals surface area contributed by atoms with Crippen LogP contribution in [0.25, 0.3) is 11.2 Å². The maximum absolute atomic E-state index is 11.5. The summed E-state index contributed by atoms with van der Waals surface area (Å²) in [5.41, 5.74) is 14.2. The van der Waals surface area contributed by atoms with Gasteiger partial charge in [-0.1, -0.05) is 6.92 Å². The average molecular weight is 398 g/mol. The Morgan fingerprint density at radius 3 is 2.34 bits per heavy atom. The van der Waals surface area contributed by atoms with Crippen molar-refractivity contribution in [3.63, 3.8) is 0 Å². The van der Waals surface area contributed by atoms with E-state index in [1.165, 1.54) is 0 Å². The van der Waals surface area contributed by atoms with E-state index in [0.29, 0.717) is 29.0 Å². The minimum Gasteiger partial charge on any atom is -0.481 e. The van der Waals surface area contributed by atoms with Crippen molar-refractivity contribution in [3.8, 4) is 0 Å². The van der Waals surface area contributed by atoms with E-state index in [9.17, 15) is 9.59 Å². The number of anilines is 3. The van der Waals surface area contributed by atoms with Crippen LogP contribution in [0, 0.1) is 0 Å². The van der Waals surface area contributed by atoms with Crippen LogP contribution in [0.5, 0.6) is 0 Å². The van der Waals surface area contributed by atoms with Gasteiger partial charge >= 0.3 is 5.97 Å². The van der Waals surface area contributed by atoms with Gasteiger partial charge in [0.1, 0.15) is 0 Å². The van der Waals surface area contributed by atoms with Crippen molar-refractivity contribution in [2.24, 2.45) is 0 Å². The zero-order chi connectivity index (χ0) is 21.4. The molecule has 0 unspecified atom stereocenters. The summed E-state index contributed by atoms with van der Waals surface area (Å²) < 4.78 is 0. The van der Waals surface area contributed by atoms with Crippen molar-refractivity contribution in [2.75, 3.05) is 23.8 Å². The van der Waals surface area contributed by atoms with Gasteiger partial charge < -0.3 is 27.2 Å². The fourth-order valence-electron chi connectivity index (χ4n) is 2.14. The Morgan fingerprint density at radius 1 is 1.10 bits per heavy atom. The van der Waals surface area contributed by atoms with Crippen molar-refractivity contribution in [1.29, 1.82) is 0 Å². The van der Waals surface area contributed by atoms with Crippen molar-refractivity contribution in [1.82, 2.24) is 25.3 Å². The largest absolute Gasteiger partial charge is 0.481 e. The molecule has 3 aromatic rings. The van der Waals surface area contributed by atoms with Crippen LogP contribution < -0.4 is 22.1 Å². The predicted molar refractivity (Wildman–Crippen MR) is 109 cm³/mol. The van der Waals surface area contributed by atoms with Crippen molar-refractivity contribution in [2.45, 2.75) is 19.9 Å². The average Bonchev–Trinajstić information content (AvgIpc) is 2.72. The van der Waals surface area contributed by atoms with E-state index in [2.05, 4.69) is 30.6 Å². The molecule has 0 saturated heterocycles. The van der Waals surface area contributed by atoms with Gasteiger partial charge in [0.15, 0.2) is 17.0 Å². The van der Waals surface area contributed by atoms with Gasteiger partial charge in [0, 0.05) is 24.7 Å². The first-order valence-electron chi connectivity index (χ1n) is 8.66. The Hall–Kier alpha value is -4.02. The van der Waals surface area contributed by atoms with Crippen LogP contribution in [0.4, 0.5) is 17.5 Å². The maximum Gasteiger partial charge on any atom is 0.303 e. The molecule has 2 heterocycles. The zero-order valence-corrected chi connectivity index (χ0v) is 16.0. The van der Waals surface area contributed by atoms with Gasteiger partial charge in [-0.2, -0.15) is 9.97 Å². The SMILES string of the molecule is CCC(=O)O.CNC(=O)c1ccc(NCc2cnc3nc(N)nc(N)c3n2)cc1. The first-order valence-corrected chi connectivity index (χ1v) is 8.66. The van der Waals surface area contributed by atoms with Gasteiger partial charge in [-0.05, 0) is 24.3 Å². The quantitative estimate of drug-likeness (QED) is 0.416. The summed E-state index contributed by atoms with van der Waals surface area (Å²) in [6.07, 6.45) is 1.82. The van der Waals surface area contributed by atoms with E-state index < -0.39 is 5.97 Å². The van der Waals surface area contributed by atoms with E-state index in [1.54, 1.807) is 32.3 Å². The molecule has 0 aliphatic rings. The van der Waals surface area contributed by atoms with Crippen LogP contribution in [0.2, 0.25) is 0 Å². The van der Waals surface area contributed by atoms with Gasteiger partial charge in [-0.3, -0.25) is 9.59 Å². The molecule has 3 rings (SSSR count). The number of hydrogen-bond acceptors (Lipinski definition) is 9. The summed E-state index contributed by atoms with van der Waals surface area (Å²) in [4.78, 5) is 37.3. The Labute approximate surface area is 166 Å². The summed E-state index contributed by atoms with van der Waals surface area (Å²) in [6, 6.07) is 7.11. The number of aliphatic carboxylic acids is 1. The topological polar surface area (TPSA) is 182 Å². The molecule has 0 atom stereocenters. The molecule has 11 nitrogen and oxygen atoms in total. The smallest absolute Gasteiger partial charge is 0.303 e. The van der Waals surface area contributed by atoms with Gasteiger partial charge in [-0.15, -0.1) is 0 Å². The minimum absolute atomic E-state index is 0.0661. The highest BCUT2D eigenvalue weighted by Crippen LogP contribution is 2.15. The molecular weight excluding hydrogens is 376 g/mol. The van der Waals surface area contributed by atoms with E-state index in [-0.39, 0.29) is 24.1 Å². The fraction of sp³-hybridized carbons (Fsp3) is 0.222. The predicted octanol–water partition coefficient (Wildman–Crippen LogP) is 1.04. The summed E-state index contributed by atoms with van der Waals surface area (Å²) in [5, 5.41) is 13.5. The molecule has 0 fully saturated rings. The molecule has 0 aliphatic heterocycles. The molecule has 1 amide bonds. The number of carboxylic acid groups (broad SMARTS) is 1. The van der Waals surface area contributed by atoms with E-state index in [1.807, 2.05) is 12.1 Å². The summed E-state index contributed by atoms with van der Waals surface area (Å²) in [6.45, 7) is 2.04. The van der Waals surface area contributed by atoms with Crippen LogP contribution in [0.3, 0.4) is 0 Å². The lowest BCUT2D eigenvalue weighted by atomic mass is 10.2. The molecule has 11 heteroatoms. The lowest BCUT2D eigenvalue weighted by molar-refractivity contribution is -0.136. The van der Waals surface area contributed by atoms with Gasteiger partial charge in [-0.25, -0.2) is 9.97 Å². The molecule has 0 spiro atoms. The number of nitrogens with two attached hydrogens (primary N) is 2. The molecule has 0 radical (unpaired) electrons. The molecule has 0 bridgehead atoms. The Morgan fingerprint density at radius 2 is 1.76 bits per heavy atom. The minimum atomic E-state index is -0.745. The molecule has 0 saturated carbocycles. The zero-order valence-electron chi connectivity index (χ0n) is 16.0. The summed E-state index contributed by atoms with van der Waals surface area (Å²) in [7, 11) is 1.59. The van der Waals surface area contributed by atoms with Crippen LogP contribution in [-0.4, -0.2) is 44.0 Å². The van der Waals surface area contributed by atoms with Gasteiger partial charge in [0.05, 0.1) is 18.4 Å². The van der Waals surface area contributed by atoms with Crippen LogP contribution in [-0.2, 0) is 11.3 Å². The monoisotopic (exact) mass is 398 g/mol. The van der Waals surface area contributed by atoms with Crippen LogP contribution in [0.1, 0.15) is 29.4 Å². The number of hydrogen-bond donors (Lipinski definition) is 5. The molecule has 1 aromatic carbocycles. The van der Waals surface area contributed by atoms with Gasteiger partial charge in [0.25, 0.3) is 5.91 Å². The van der Waals surface area contributed by atoms with Crippen LogP contribution >= 0.6 is 0 Å². The number of carboxylic acids is 1. The third kappa shape index (κ3) is 5.99. The Balaban J connectivity index is 0.000000537. The maximum atomic E-state index is 11.5. The molecule has 0 aliphatic carbocycles. The van der Waals surface area contributed by atoms with Crippen molar-refractivity contribution in [3.05, 3.63) is 41.7 Å². The third-order valence-corrected chi connectivity index (χ3v) is 3.65. The number of aromatic nitrogens is 4. The Kier molecular flexibility index (Phi) is 7.18. The number of benzene rings is 1. The van der Waals surface area contributed by atoms with E-state index in [4.69, 9.17) is 16.6 Å². The standard InChI is InChI=1S/C15H16N8O.C3H6O2/c1-18-14(24)8-2-4-9(5-3-8)19-6-10-7-20-13-11(21-10)12(16)22-15(17)23-13;1-2-3(4)5/h2-5,7,19H,6H2,1H3,(H,18,24)(H4,16,17,20,22,23);2H2,1H3,(H,4,5). The number of carbonyl (C=O) groups is 2. The number of rotatable bonds is 5. The first kappa shape index (κ1) is 21.3. The molecular formula is C18H22N8O3. The third-order valence-electron chi connectivity index (χ3n) is 3.65. The first-order chi connectivity index (χ1) is 13.8. The summed E-state index contributed by atoms with van der Waals surface area (Å²) in [5.74, 6) is -0.611. The molecule has 7 N–H and O–H groups in total.